The van der Waals surface area contributed by atoms with Gasteiger partial charge in [0.1, 0.15) is 5.82 Å². The van der Waals surface area contributed by atoms with E-state index in [0.29, 0.717) is 5.92 Å². The molecule has 1 atom stereocenters. The van der Waals surface area contributed by atoms with E-state index in [1.165, 1.54) is 0 Å². The second kappa shape index (κ2) is 5.89. The number of hydrogen-bond acceptors (Lipinski definition) is 4. The fraction of sp³-hybridized carbons (Fsp3) is 0.400. The van der Waals surface area contributed by atoms with Crippen LogP contribution in [0.2, 0.25) is 0 Å². The molecule has 4 N–H and O–H groups in total. The molecule has 19 heavy (non-hydrogen) atoms. The molecule has 2 rings (SSSR count). The van der Waals surface area contributed by atoms with E-state index in [-0.39, 0.29) is 12.6 Å². The van der Waals surface area contributed by atoms with E-state index in [9.17, 15) is 5.11 Å². The third kappa shape index (κ3) is 3.58. The van der Waals surface area contributed by atoms with Crippen molar-refractivity contribution in [1.29, 1.82) is 0 Å². The van der Waals surface area contributed by atoms with E-state index in [4.69, 9.17) is 5.73 Å². The first-order chi connectivity index (χ1) is 9.08. The summed E-state index contributed by atoms with van der Waals surface area (Å²) >= 11 is 0. The van der Waals surface area contributed by atoms with Crippen LogP contribution in [-0.4, -0.2) is 22.7 Å². The van der Waals surface area contributed by atoms with Crippen molar-refractivity contribution < 1.29 is 5.11 Å². The van der Waals surface area contributed by atoms with Crippen molar-refractivity contribution in [2.45, 2.75) is 26.3 Å². The Kier molecular flexibility index (Phi) is 4.22. The Morgan fingerprint density at radius 3 is 2.74 bits per heavy atom. The zero-order chi connectivity index (χ0) is 13.8. The van der Waals surface area contributed by atoms with Gasteiger partial charge in [-0.2, -0.15) is 0 Å². The Morgan fingerprint density at radius 2 is 2.05 bits per heavy atom. The number of pyridine rings is 1. The lowest BCUT2D eigenvalue weighted by molar-refractivity contribution is 0.259. The third-order valence-corrected chi connectivity index (χ3v) is 3.04. The molecule has 0 bridgehead atoms. The van der Waals surface area contributed by atoms with Crippen LogP contribution in [0.4, 0.5) is 11.5 Å². The summed E-state index contributed by atoms with van der Waals surface area (Å²) in [5.74, 6) is 1.32. The molecular weight excluding hydrogens is 238 g/mol. The van der Waals surface area contributed by atoms with E-state index in [2.05, 4.69) is 24.1 Å². The average molecular weight is 259 g/mol. The van der Waals surface area contributed by atoms with Crippen molar-refractivity contribution in [2.75, 3.05) is 17.7 Å². The Labute approximate surface area is 113 Å². The van der Waals surface area contributed by atoms with Crippen molar-refractivity contribution in [3.8, 4) is 0 Å². The molecule has 0 spiro atoms. The van der Waals surface area contributed by atoms with Gasteiger partial charge >= 0.3 is 0 Å². The molecule has 0 radical (unpaired) electrons. The lowest BCUT2D eigenvalue weighted by Crippen LogP contribution is -2.26. The molecule has 0 aliphatic rings. The van der Waals surface area contributed by atoms with Crippen LogP contribution in [-0.2, 0) is 0 Å². The van der Waals surface area contributed by atoms with Gasteiger partial charge in [0.15, 0.2) is 0 Å². The largest absolute Gasteiger partial charge is 0.399 e. The predicted molar refractivity (Wildman–Crippen MR) is 80.1 cm³/mol. The second-order valence-corrected chi connectivity index (χ2v) is 5.30. The van der Waals surface area contributed by atoms with Crippen LogP contribution >= 0.6 is 0 Å². The van der Waals surface area contributed by atoms with Gasteiger partial charge in [-0.3, -0.25) is 0 Å². The Balaban J connectivity index is 2.18. The summed E-state index contributed by atoms with van der Waals surface area (Å²) in [7, 11) is 0. The molecule has 4 nitrogen and oxygen atoms in total. The van der Waals surface area contributed by atoms with E-state index in [1.807, 2.05) is 30.3 Å². The van der Waals surface area contributed by atoms with Crippen LogP contribution in [0.25, 0.3) is 10.9 Å². The molecule has 0 saturated carbocycles. The van der Waals surface area contributed by atoms with Gasteiger partial charge in [-0.05, 0) is 42.7 Å². The number of nitrogens with two attached hydrogens (primary N) is 1. The summed E-state index contributed by atoms with van der Waals surface area (Å²) in [6.07, 6.45) is 0.915. The molecule has 0 aliphatic heterocycles. The molecule has 0 aliphatic carbocycles. The number of aliphatic hydroxyl groups is 1. The number of hydrogen-bond donors (Lipinski definition) is 3. The maximum atomic E-state index is 9.38. The Bertz CT molecular complexity index is 554. The zero-order valence-electron chi connectivity index (χ0n) is 11.4. The summed E-state index contributed by atoms with van der Waals surface area (Å²) in [5, 5.41) is 13.7. The molecule has 1 aromatic carbocycles. The van der Waals surface area contributed by atoms with Crippen LogP contribution in [0.3, 0.4) is 0 Å². The third-order valence-electron chi connectivity index (χ3n) is 3.04. The van der Waals surface area contributed by atoms with Gasteiger partial charge < -0.3 is 16.2 Å². The van der Waals surface area contributed by atoms with Gasteiger partial charge in [-0.15, -0.1) is 0 Å². The number of aliphatic hydroxyl groups excluding tert-OH is 1. The summed E-state index contributed by atoms with van der Waals surface area (Å²) in [6.45, 7) is 4.39. The number of rotatable bonds is 5. The van der Waals surface area contributed by atoms with E-state index in [1.54, 1.807) is 0 Å². The number of anilines is 2. The number of nitrogens with zero attached hydrogens (tertiary/aromatic N) is 1. The number of benzene rings is 1. The van der Waals surface area contributed by atoms with Gasteiger partial charge in [-0.1, -0.05) is 13.8 Å². The fourth-order valence-corrected chi connectivity index (χ4v) is 2.18. The molecule has 2 aromatic rings. The van der Waals surface area contributed by atoms with Crippen molar-refractivity contribution in [1.82, 2.24) is 4.98 Å². The van der Waals surface area contributed by atoms with Gasteiger partial charge in [0.05, 0.1) is 18.2 Å². The first-order valence-electron chi connectivity index (χ1n) is 6.62. The highest BCUT2D eigenvalue weighted by atomic mass is 16.3. The topological polar surface area (TPSA) is 71.2 Å². The minimum atomic E-state index is 0.0405. The molecule has 1 aromatic heterocycles. The number of nitrogens with one attached hydrogen (secondary N) is 1. The van der Waals surface area contributed by atoms with Gasteiger partial charge in [0.25, 0.3) is 0 Å². The molecule has 1 heterocycles. The highest BCUT2D eigenvalue weighted by Crippen LogP contribution is 2.19. The molecule has 0 amide bonds. The van der Waals surface area contributed by atoms with Crippen molar-refractivity contribution in [3.63, 3.8) is 0 Å². The van der Waals surface area contributed by atoms with Crippen LogP contribution in [0.15, 0.2) is 30.3 Å². The summed E-state index contributed by atoms with van der Waals surface area (Å²) in [4.78, 5) is 4.53. The van der Waals surface area contributed by atoms with Crippen LogP contribution < -0.4 is 11.1 Å². The monoisotopic (exact) mass is 259 g/mol. The number of aromatic nitrogens is 1. The smallest absolute Gasteiger partial charge is 0.126 e. The van der Waals surface area contributed by atoms with Gasteiger partial charge in [0.2, 0.25) is 0 Å². The molecule has 4 heteroatoms. The summed E-state index contributed by atoms with van der Waals surface area (Å²) in [5.41, 5.74) is 7.38. The van der Waals surface area contributed by atoms with Gasteiger partial charge in [-0.25, -0.2) is 4.98 Å². The fourth-order valence-electron chi connectivity index (χ4n) is 2.18. The number of nitrogen functional groups attached to an aromatic ring is 1. The van der Waals surface area contributed by atoms with Gasteiger partial charge in [0, 0.05) is 11.1 Å². The predicted octanol–water partition coefficient (Wildman–Crippen LogP) is 2.64. The van der Waals surface area contributed by atoms with E-state index < -0.39 is 0 Å². The summed E-state index contributed by atoms with van der Waals surface area (Å²) in [6, 6.07) is 9.61. The zero-order valence-corrected chi connectivity index (χ0v) is 11.4. The van der Waals surface area contributed by atoms with Crippen molar-refractivity contribution in [3.05, 3.63) is 30.3 Å². The lowest BCUT2D eigenvalue weighted by atomic mass is 10.0. The van der Waals surface area contributed by atoms with Crippen LogP contribution in [0, 0.1) is 5.92 Å². The highest BCUT2D eigenvalue weighted by Gasteiger charge is 2.10. The molecular formula is C15H21N3O. The highest BCUT2D eigenvalue weighted by molar-refractivity contribution is 5.83. The van der Waals surface area contributed by atoms with Crippen LogP contribution in [0.5, 0.6) is 0 Å². The summed E-state index contributed by atoms with van der Waals surface area (Å²) < 4.78 is 0. The maximum absolute atomic E-state index is 9.38. The van der Waals surface area contributed by atoms with Crippen LogP contribution in [0.1, 0.15) is 20.3 Å². The molecule has 1 unspecified atom stereocenters. The first-order valence-corrected chi connectivity index (χ1v) is 6.62. The normalized spacial score (nSPS) is 12.8. The molecule has 102 valence electrons. The quantitative estimate of drug-likeness (QED) is 0.722. The van der Waals surface area contributed by atoms with Crippen molar-refractivity contribution >= 4 is 22.4 Å². The first kappa shape index (κ1) is 13.6. The standard InChI is InChI=1S/C15H21N3O/c1-10(2)7-13(9-19)17-15-6-3-11-8-12(16)4-5-14(11)18-15/h3-6,8,10,13,19H,7,9,16H2,1-2H3,(H,17,18). The van der Waals surface area contributed by atoms with E-state index >= 15 is 0 Å². The SMILES string of the molecule is CC(C)CC(CO)Nc1ccc2cc(N)ccc2n1. The number of fused-ring (bicyclic) bond motifs is 1. The minimum absolute atomic E-state index is 0.0405. The Morgan fingerprint density at radius 1 is 1.26 bits per heavy atom. The maximum Gasteiger partial charge on any atom is 0.126 e. The average Bonchev–Trinajstić information content (AvgIpc) is 2.37. The van der Waals surface area contributed by atoms with Crippen molar-refractivity contribution in [2.24, 2.45) is 5.92 Å². The molecule has 0 saturated heterocycles. The minimum Gasteiger partial charge on any atom is -0.399 e. The lowest BCUT2D eigenvalue weighted by Gasteiger charge is -2.19. The second-order valence-electron chi connectivity index (χ2n) is 5.30. The Hall–Kier alpha value is -1.81. The van der Waals surface area contributed by atoms with E-state index in [0.717, 1.165) is 28.8 Å². The molecule has 0 fully saturated rings.